The first-order valence-electron chi connectivity index (χ1n) is 7.87. The van der Waals surface area contributed by atoms with Gasteiger partial charge in [-0.15, -0.1) is 0 Å². The third kappa shape index (κ3) is 4.83. The topological polar surface area (TPSA) is 35.6 Å². The molecule has 0 bridgehead atoms. The summed E-state index contributed by atoms with van der Waals surface area (Å²) in [5, 5.41) is 2.96. The molecule has 0 aromatic heterocycles. The predicted molar refractivity (Wildman–Crippen MR) is 86.1 cm³/mol. The van der Waals surface area contributed by atoms with E-state index in [4.69, 9.17) is 0 Å². The highest BCUT2D eigenvalue weighted by molar-refractivity contribution is 5.78. The first-order chi connectivity index (χ1) is 10.1. The number of amides is 1. The van der Waals surface area contributed by atoms with Crippen molar-refractivity contribution in [3.05, 3.63) is 35.9 Å². The largest absolute Gasteiger partial charge is 0.353 e. The van der Waals surface area contributed by atoms with Crippen LogP contribution in [0.15, 0.2) is 30.3 Å². The van der Waals surface area contributed by atoms with Crippen molar-refractivity contribution in [3.63, 3.8) is 0 Å². The second-order valence-electron chi connectivity index (χ2n) is 6.12. The van der Waals surface area contributed by atoms with Gasteiger partial charge in [0.1, 0.15) is 0 Å². The van der Waals surface area contributed by atoms with Gasteiger partial charge in [-0.25, -0.2) is 0 Å². The molecule has 1 aliphatic heterocycles. The molecule has 4 nitrogen and oxygen atoms in total. The molecule has 1 atom stereocenters. The van der Waals surface area contributed by atoms with Gasteiger partial charge in [0.2, 0.25) is 5.91 Å². The average molecular weight is 289 g/mol. The summed E-state index contributed by atoms with van der Waals surface area (Å²) in [6.45, 7) is 10.7. The monoisotopic (exact) mass is 289 g/mol. The van der Waals surface area contributed by atoms with E-state index >= 15 is 0 Å². The van der Waals surface area contributed by atoms with Crippen LogP contribution in [0.2, 0.25) is 0 Å². The van der Waals surface area contributed by atoms with E-state index in [2.05, 4.69) is 52.4 Å². The zero-order valence-electron chi connectivity index (χ0n) is 13.4. The maximum absolute atomic E-state index is 11.8. The number of hydrogen-bond acceptors (Lipinski definition) is 3. The number of rotatable bonds is 5. The van der Waals surface area contributed by atoms with Crippen LogP contribution in [0.25, 0.3) is 0 Å². The molecular formula is C17H27N3O. The van der Waals surface area contributed by atoms with Crippen molar-refractivity contribution in [1.82, 2.24) is 15.1 Å². The van der Waals surface area contributed by atoms with E-state index in [-0.39, 0.29) is 11.9 Å². The molecule has 1 unspecified atom stereocenters. The van der Waals surface area contributed by atoms with Gasteiger partial charge in [-0.05, 0) is 26.3 Å². The van der Waals surface area contributed by atoms with Crippen molar-refractivity contribution in [2.45, 2.75) is 32.9 Å². The van der Waals surface area contributed by atoms with Crippen molar-refractivity contribution in [1.29, 1.82) is 0 Å². The molecule has 1 heterocycles. The van der Waals surface area contributed by atoms with E-state index < -0.39 is 0 Å². The molecule has 1 aromatic rings. The summed E-state index contributed by atoms with van der Waals surface area (Å²) < 4.78 is 0. The highest BCUT2D eigenvalue weighted by atomic mass is 16.2. The lowest BCUT2D eigenvalue weighted by atomic mass is 10.1. The second-order valence-corrected chi connectivity index (χ2v) is 6.12. The molecule has 0 spiro atoms. The van der Waals surface area contributed by atoms with Crippen LogP contribution in [0.3, 0.4) is 0 Å². The van der Waals surface area contributed by atoms with Crippen LogP contribution in [0.1, 0.15) is 32.4 Å². The van der Waals surface area contributed by atoms with Crippen LogP contribution in [-0.2, 0) is 4.79 Å². The van der Waals surface area contributed by atoms with Gasteiger partial charge in [-0.3, -0.25) is 14.6 Å². The molecule has 2 rings (SSSR count). The highest BCUT2D eigenvalue weighted by Gasteiger charge is 2.23. The van der Waals surface area contributed by atoms with Crippen LogP contribution in [-0.4, -0.2) is 54.5 Å². The molecule has 4 heteroatoms. The zero-order valence-corrected chi connectivity index (χ0v) is 13.4. The van der Waals surface area contributed by atoms with E-state index in [1.165, 1.54) is 5.56 Å². The minimum atomic E-state index is 0.134. The van der Waals surface area contributed by atoms with Crippen LogP contribution in [0.5, 0.6) is 0 Å². The summed E-state index contributed by atoms with van der Waals surface area (Å²) in [6.07, 6.45) is 0. The Bertz CT molecular complexity index is 439. The lowest BCUT2D eigenvalue weighted by Crippen LogP contribution is -2.50. The molecule has 1 fully saturated rings. The van der Waals surface area contributed by atoms with Crippen LogP contribution >= 0.6 is 0 Å². The number of benzene rings is 1. The third-order valence-corrected chi connectivity index (χ3v) is 4.05. The first-order valence-corrected chi connectivity index (χ1v) is 7.87. The quantitative estimate of drug-likeness (QED) is 0.899. The second kappa shape index (κ2) is 7.57. The van der Waals surface area contributed by atoms with Crippen molar-refractivity contribution in [2.24, 2.45) is 0 Å². The van der Waals surface area contributed by atoms with E-state index in [1.54, 1.807) is 0 Å². The fourth-order valence-corrected chi connectivity index (χ4v) is 2.82. The Morgan fingerprint density at radius 2 is 1.71 bits per heavy atom. The molecule has 1 amide bonds. The molecule has 21 heavy (non-hydrogen) atoms. The highest BCUT2D eigenvalue weighted by Crippen LogP contribution is 2.21. The molecular weight excluding hydrogens is 262 g/mol. The molecule has 1 aliphatic rings. The molecule has 116 valence electrons. The van der Waals surface area contributed by atoms with E-state index in [9.17, 15) is 4.79 Å². The fraction of sp³-hybridized carbons (Fsp3) is 0.588. The van der Waals surface area contributed by atoms with E-state index in [0.29, 0.717) is 12.6 Å². The summed E-state index contributed by atoms with van der Waals surface area (Å²) in [7, 11) is 0. The SMILES string of the molecule is CC(C)NC(=O)CN1CCN(C(C)c2ccccc2)CC1. The minimum absolute atomic E-state index is 0.134. The number of nitrogens with zero attached hydrogens (tertiary/aromatic N) is 2. The Labute approximate surface area is 128 Å². The summed E-state index contributed by atoms with van der Waals surface area (Å²) in [4.78, 5) is 16.5. The number of piperazine rings is 1. The van der Waals surface area contributed by atoms with Gasteiger partial charge in [0.05, 0.1) is 6.54 Å². The number of carbonyl (C=O) groups is 1. The number of nitrogens with one attached hydrogen (secondary N) is 1. The average Bonchev–Trinajstić information content (AvgIpc) is 2.47. The summed E-state index contributed by atoms with van der Waals surface area (Å²) in [5.74, 6) is 0.134. The van der Waals surface area contributed by atoms with Crippen LogP contribution < -0.4 is 5.32 Å². The van der Waals surface area contributed by atoms with Gasteiger partial charge in [0.25, 0.3) is 0 Å². The van der Waals surface area contributed by atoms with E-state index in [1.807, 2.05) is 13.8 Å². The van der Waals surface area contributed by atoms with Gasteiger partial charge >= 0.3 is 0 Å². The van der Waals surface area contributed by atoms with Gasteiger partial charge < -0.3 is 5.32 Å². The Hall–Kier alpha value is -1.39. The zero-order chi connectivity index (χ0) is 15.2. The minimum Gasteiger partial charge on any atom is -0.353 e. The Morgan fingerprint density at radius 1 is 1.10 bits per heavy atom. The Balaban J connectivity index is 1.79. The van der Waals surface area contributed by atoms with Crippen molar-refractivity contribution in [2.75, 3.05) is 32.7 Å². The summed E-state index contributed by atoms with van der Waals surface area (Å²) >= 11 is 0. The lowest BCUT2D eigenvalue weighted by molar-refractivity contribution is -0.123. The molecule has 1 aromatic carbocycles. The van der Waals surface area contributed by atoms with Gasteiger partial charge in [-0.2, -0.15) is 0 Å². The summed E-state index contributed by atoms with van der Waals surface area (Å²) in [6, 6.07) is 11.3. The molecule has 0 aliphatic carbocycles. The predicted octanol–water partition coefficient (Wildman–Crippen LogP) is 1.89. The molecule has 1 N–H and O–H groups in total. The summed E-state index contributed by atoms with van der Waals surface area (Å²) in [5.41, 5.74) is 1.36. The van der Waals surface area contributed by atoms with Gasteiger partial charge in [-0.1, -0.05) is 30.3 Å². The molecule has 0 radical (unpaired) electrons. The number of carbonyl (C=O) groups excluding carboxylic acids is 1. The third-order valence-electron chi connectivity index (χ3n) is 4.05. The van der Waals surface area contributed by atoms with Crippen LogP contribution in [0.4, 0.5) is 0 Å². The van der Waals surface area contributed by atoms with Gasteiger partial charge in [0.15, 0.2) is 0 Å². The maximum Gasteiger partial charge on any atom is 0.234 e. The standard InChI is InChI=1S/C17H27N3O/c1-14(2)18-17(21)13-19-9-11-20(12-10-19)15(3)16-7-5-4-6-8-16/h4-8,14-15H,9-13H2,1-3H3,(H,18,21). The van der Waals surface area contributed by atoms with Crippen molar-refractivity contribution in [3.8, 4) is 0 Å². The molecule has 1 saturated heterocycles. The van der Waals surface area contributed by atoms with Gasteiger partial charge in [0, 0.05) is 38.3 Å². The van der Waals surface area contributed by atoms with Crippen molar-refractivity contribution >= 4 is 5.91 Å². The Morgan fingerprint density at radius 3 is 2.29 bits per heavy atom. The van der Waals surface area contributed by atoms with Crippen molar-refractivity contribution < 1.29 is 4.79 Å². The number of hydrogen-bond donors (Lipinski definition) is 1. The maximum atomic E-state index is 11.8. The van der Waals surface area contributed by atoms with Crippen LogP contribution in [0, 0.1) is 0 Å². The lowest BCUT2D eigenvalue weighted by Gasteiger charge is -2.38. The van der Waals surface area contributed by atoms with E-state index in [0.717, 1.165) is 26.2 Å². The molecule has 0 saturated carbocycles. The first kappa shape index (κ1) is 16.0. The smallest absolute Gasteiger partial charge is 0.234 e. The normalized spacial score (nSPS) is 18.7. The Kier molecular flexibility index (Phi) is 5.76. The fourth-order valence-electron chi connectivity index (χ4n) is 2.82.